The summed E-state index contributed by atoms with van der Waals surface area (Å²) < 4.78 is 12.6. The number of aryl methyl sites for hydroxylation is 1. The van der Waals surface area contributed by atoms with Crippen LogP contribution in [-0.2, 0) is 22.5 Å². The lowest BCUT2D eigenvalue weighted by molar-refractivity contribution is -0.920. The molecule has 0 fully saturated rings. The highest BCUT2D eigenvalue weighted by atomic mass is 16.5. The highest BCUT2D eigenvalue weighted by Gasteiger charge is 2.35. The largest absolute Gasteiger partial charge is 0.491 e. The molecule has 2 aromatic rings. The van der Waals surface area contributed by atoms with Gasteiger partial charge in [0.1, 0.15) is 12.3 Å². The number of unbranched alkanes of at least 4 members (excludes halogenated alkanes) is 7. The van der Waals surface area contributed by atoms with Gasteiger partial charge in [-0.15, -0.1) is 0 Å². The number of likely N-dealkylation sites (N-methyl/N-ethyl adjacent to an activating group) is 1. The lowest BCUT2D eigenvalue weighted by Gasteiger charge is -2.36. The average Bonchev–Trinajstić information content (AvgIpc) is 2.89. The predicted molar refractivity (Wildman–Crippen MR) is 159 cm³/mol. The Morgan fingerprint density at radius 1 is 0.789 bits per heavy atom. The van der Waals surface area contributed by atoms with Crippen LogP contribution in [0.3, 0.4) is 0 Å². The molecule has 2 atom stereocenters. The molecule has 2 unspecified atom stereocenters. The smallest absolute Gasteiger partial charge is 0.364 e. The second kappa shape index (κ2) is 18.0. The van der Waals surface area contributed by atoms with Crippen LogP contribution < -0.4 is 4.74 Å². The van der Waals surface area contributed by atoms with E-state index in [-0.39, 0.29) is 18.1 Å². The SMILES string of the molecule is CCCCCCCCCCc1cccc(OC(C)CCOC(=O)C(CCC)[N+](C)(C)Cc2ccccc2)c1. The monoisotopic (exact) mass is 524 g/mol. The molecule has 0 aliphatic heterocycles. The average molecular weight is 525 g/mol. The van der Waals surface area contributed by atoms with E-state index in [0.717, 1.165) is 31.6 Å². The molecule has 0 saturated heterocycles. The molecule has 212 valence electrons. The zero-order chi connectivity index (χ0) is 27.6. The molecule has 0 radical (unpaired) electrons. The van der Waals surface area contributed by atoms with E-state index in [1.807, 2.05) is 12.1 Å². The number of hydrogen-bond acceptors (Lipinski definition) is 3. The highest BCUT2D eigenvalue weighted by Crippen LogP contribution is 2.21. The minimum Gasteiger partial charge on any atom is -0.491 e. The molecular weight excluding hydrogens is 470 g/mol. The first-order valence-corrected chi connectivity index (χ1v) is 15.1. The van der Waals surface area contributed by atoms with Gasteiger partial charge >= 0.3 is 5.97 Å². The number of benzene rings is 2. The van der Waals surface area contributed by atoms with Gasteiger partial charge in [-0.3, -0.25) is 0 Å². The molecule has 0 saturated carbocycles. The van der Waals surface area contributed by atoms with Gasteiger partial charge in [0.25, 0.3) is 0 Å². The Kier molecular flexibility index (Phi) is 15.1. The number of quaternary nitrogens is 1. The second-order valence-corrected chi connectivity index (χ2v) is 11.5. The van der Waals surface area contributed by atoms with Crippen LogP contribution in [0.4, 0.5) is 0 Å². The fourth-order valence-electron chi connectivity index (χ4n) is 5.14. The lowest BCUT2D eigenvalue weighted by Crippen LogP contribution is -2.52. The zero-order valence-corrected chi connectivity index (χ0v) is 24.9. The van der Waals surface area contributed by atoms with Crippen LogP contribution in [0.1, 0.15) is 103 Å². The van der Waals surface area contributed by atoms with E-state index in [0.29, 0.717) is 17.5 Å². The van der Waals surface area contributed by atoms with Gasteiger partial charge in [-0.05, 0) is 43.9 Å². The zero-order valence-electron chi connectivity index (χ0n) is 24.9. The van der Waals surface area contributed by atoms with Crippen molar-refractivity contribution in [1.82, 2.24) is 0 Å². The maximum atomic E-state index is 13.1. The molecule has 2 rings (SSSR count). The van der Waals surface area contributed by atoms with Crippen LogP contribution in [0.25, 0.3) is 0 Å². The van der Waals surface area contributed by atoms with Crippen LogP contribution in [0.5, 0.6) is 5.75 Å². The fraction of sp³-hybridized carbons (Fsp3) is 0.618. The lowest BCUT2D eigenvalue weighted by atomic mass is 10.0. The summed E-state index contributed by atoms with van der Waals surface area (Å²) in [5.41, 5.74) is 2.57. The molecule has 0 aliphatic rings. The molecule has 0 aliphatic carbocycles. The maximum Gasteiger partial charge on any atom is 0.364 e. The van der Waals surface area contributed by atoms with E-state index in [1.54, 1.807) is 0 Å². The van der Waals surface area contributed by atoms with Crippen molar-refractivity contribution in [2.24, 2.45) is 0 Å². The van der Waals surface area contributed by atoms with Crippen molar-refractivity contribution in [3.63, 3.8) is 0 Å². The molecule has 0 aromatic heterocycles. The number of ether oxygens (including phenoxy) is 2. The highest BCUT2D eigenvalue weighted by molar-refractivity contribution is 5.74. The predicted octanol–water partition coefficient (Wildman–Crippen LogP) is 8.52. The molecule has 4 heteroatoms. The Labute approximate surface area is 233 Å². The molecule has 0 heterocycles. The second-order valence-electron chi connectivity index (χ2n) is 11.5. The third-order valence-corrected chi connectivity index (χ3v) is 7.43. The van der Waals surface area contributed by atoms with Gasteiger partial charge in [-0.25, -0.2) is 4.79 Å². The molecule has 0 bridgehead atoms. The van der Waals surface area contributed by atoms with Crippen LogP contribution in [0, 0.1) is 0 Å². The van der Waals surface area contributed by atoms with E-state index >= 15 is 0 Å². The van der Waals surface area contributed by atoms with Crippen molar-refractivity contribution in [1.29, 1.82) is 0 Å². The third kappa shape index (κ3) is 12.5. The molecule has 38 heavy (non-hydrogen) atoms. The summed E-state index contributed by atoms with van der Waals surface area (Å²) >= 11 is 0. The Hall–Kier alpha value is -2.33. The normalized spacial score (nSPS) is 13.2. The third-order valence-electron chi connectivity index (χ3n) is 7.43. The van der Waals surface area contributed by atoms with Gasteiger partial charge in [-0.1, -0.05) is 101 Å². The first-order valence-electron chi connectivity index (χ1n) is 15.1. The first kappa shape index (κ1) is 31.9. The van der Waals surface area contributed by atoms with Crippen LogP contribution in [0.15, 0.2) is 54.6 Å². The minimum absolute atomic E-state index is 0.0161. The quantitative estimate of drug-likeness (QED) is 0.0989. The van der Waals surface area contributed by atoms with E-state index in [2.05, 4.69) is 77.3 Å². The Balaban J connectivity index is 1.74. The van der Waals surface area contributed by atoms with Crippen molar-refractivity contribution < 1.29 is 18.8 Å². The van der Waals surface area contributed by atoms with Gasteiger partial charge in [0.15, 0.2) is 6.04 Å². The minimum atomic E-state index is -0.176. The topological polar surface area (TPSA) is 35.5 Å². The standard InChI is InChI=1S/C34H54NO3/c1-6-8-9-10-11-12-13-15-20-30-23-18-24-32(27-30)38-29(3)25-26-37-34(36)33(19-7-2)35(4,5)28-31-21-16-14-17-22-31/h14,16-18,21-24,27,29,33H,6-13,15,19-20,25-26,28H2,1-5H3/q+1. The fourth-order valence-corrected chi connectivity index (χ4v) is 5.14. The van der Waals surface area contributed by atoms with Gasteiger partial charge < -0.3 is 14.0 Å². The molecule has 0 spiro atoms. The molecule has 0 amide bonds. The first-order chi connectivity index (χ1) is 18.4. The Bertz CT molecular complexity index is 896. The number of esters is 1. The number of nitrogens with zero attached hydrogens (tertiary/aromatic N) is 1. The number of carbonyl (C=O) groups excluding carboxylic acids is 1. The summed E-state index contributed by atoms with van der Waals surface area (Å²) in [6.45, 7) is 7.63. The summed E-state index contributed by atoms with van der Waals surface area (Å²) in [6, 6.07) is 18.7. The van der Waals surface area contributed by atoms with Crippen molar-refractivity contribution in [2.75, 3.05) is 20.7 Å². The molecule has 0 N–H and O–H groups in total. The van der Waals surface area contributed by atoms with E-state index in [1.165, 1.54) is 62.5 Å². The summed E-state index contributed by atoms with van der Waals surface area (Å²) in [7, 11) is 4.25. The molecule has 4 nitrogen and oxygen atoms in total. The van der Waals surface area contributed by atoms with Crippen molar-refractivity contribution in [2.45, 2.75) is 117 Å². The van der Waals surface area contributed by atoms with Crippen LogP contribution >= 0.6 is 0 Å². The van der Waals surface area contributed by atoms with E-state index in [9.17, 15) is 4.79 Å². The number of carbonyl (C=O) groups is 1. The molecule has 2 aromatic carbocycles. The van der Waals surface area contributed by atoms with E-state index < -0.39 is 0 Å². The van der Waals surface area contributed by atoms with Crippen molar-refractivity contribution in [3.8, 4) is 5.75 Å². The van der Waals surface area contributed by atoms with Gasteiger partial charge in [0.2, 0.25) is 0 Å². The maximum absolute atomic E-state index is 13.1. The molecular formula is C34H54NO3+. The van der Waals surface area contributed by atoms with Crippen molar-refractivity contribution in [3.05, 3.63) is 65.7 Å². The van der Waals surface area contributed by atoms with Crippen LogP contribution in [-0.4, -0.2) is 43.3 Å². The van der Waals surface area contributed by atoms with Gasteiger partial charge in [0.05, 0.1) is 26.8 Å². The summed E-state index contributed by atoms with van der Waals surface area (Å²) in [5.74, 6) is 0.803. The van der Waals surface area contributed by atoms with Gasteiger partial charge in [-0.2, -0.15) is 0 Å². The Morgan fingerprint density at radius 3 is 2.13 bits per heavy atom. The number of rotatable bonds is 20. The Morgan fingerprint density at radius 2 is 1.45 bits per heavy atom. The number of hydrogen-bond donors (Lipinski definition) is 0. The van der Waals surface area contributed by atoms with Crippen molar-refractivity contribution >= 4 is 5.97 Å². The van der Waals surface area contributed by atoms with Crippen LogP contribution in [0.2, 0.25) is 0 Å². The van der Waals surface area contributed by atoms with E-state index in [4.69, 9.17) is 9.47 Å². The summed E-state index contributed by atoms with van der Waals surface area (Å²) in [5, 5.41) is 0. The van der Waals surface area contributed by atoms with Gasteiger partial charge in [0, 0.05) is 18.4 Å². The summed E-state index contributed by atoms with van der Waals surface area (Å²) in [4.78, 5) is 13.1. The summed E-state index contributed by atoms with van der Waals surface area (Å²) in [6.07, 6.45) is 14.2.